The Morgan fingerprint density at radius 2 is 1.85 bits per heavy atom. The van der Waals surface area contributed by atoms with Gasteiger partial charge in [-0.25, -0.2) is 4.39 Å². The topological polar surface area (TPSA) is 20.2 Å². The van der Waals surface area contributed by atoms with Gasteiger partial charge in [-0.1, -0.05) is 61.3 Å². The molecule has 0 fully saturated rings. The first kappa shape index (κ1) is 15.0. The van der Waals surface area contributed by atoms with Crippen LogP contribution in [0, 0.1) is 5.82 Å². The van der Waals surface area contributed by atoms with Crippen molar-refractivity contribution >= 4 is 11.6 Å². The maximum Gasteiger partial charge on any atom is 0.141 e. The Bertz CT molecular complexity index is 570. The molecule has 0 spiro atoms. The molecule has 1 N–H and O–H groups in total. The van der Waals surface area contributed by atoms with Crippen molar-refractivity contribution in [1.82, 2.24) is 0 Å². The largest absolute Gasteiger partial charge is 0.385 e. The smallest absolute Gasteiger partial charge is 0.141 e. The number of aliphatic hydroxyl groups is 1. The first-order valence-corrected chi connectivity index (χ1v) is 7.15. The lowest BCUT2D eigenvalue weighted by molar-refractivity contribution is 0.0269. The fraction of sp³-hybridized carbons (Fsp3) is 0.294. The number of rotatable bonds is 5. The highest BCUT2D eigenvalue weighted by molar-refractivity contribution is 6.30. The molecule has 2 aromatic rings. The summed E-state index contributed by atoms with van der Waals surface area (Å²) >= 11 is 5.81. The molecule has 106 valence electrons. The lowest BCUT2D eigenvalue weighted by Crippen LogP contribution is -2.28. The van der Waals surface area contributed by atoms with Crippen LogP contribution in [0.2, 0.25) is 5.02 Å². The molecule has 2 aromatic carbocycles. The second-order valence-corrected chi connectivity index (χ2v) is 5.48. The summed E-state index contributed by atoms with van der Waals surface area (Å²) in [6.45, 7) is 2.03. The highest BCUT2D eigenvalue weighted by Gasteiger charge is 2.28. The molecule has 2 rings (SSSR count). The van der Waals surface area contributed by atoms with Gasteiger partial charge in [-0.05, 0) is 29.7 Å². The third-order valence-electron chi connectivity index (χ3n) is 3.46. The van der Waals surface area contributed by atoms with Crippen LogP contribution in [-0.2, 0) is 12.0 Å². The summed E-state index contributed by atoms with van der Waals surface area (Å²) in [6, 6.07) is 14.2. The minimum Gasteiger partial charge on any atom is -0.385 e. The van der Waals surface area contributed by atoms with Gasteiger partial charge in [0.2, 0.25) is 0 Å². The number of halogens is 2. The molecule has 0 heterocycles. The fourth-order valence-corrected chi connectivity index (χ4v) is 2.69. The summed E-state index contributed by atoms with van der Waals surface area (Å²) in [6.07, 6.45) is 1.93. The Labute approximate surface area is 124 Å². The SMILES string of the molecule is CCCC(O)(Cc1ccc(F)c(Cl)c1)c1ccccc1. The summed E-state index contributed by atoms with van der Waals surface area (Å²) in [5.41, 5.74) is 0.760. The zero-order valence-corrected chi connectivity index (χ0v) is 12.2. The molecular weight excluding hydrogens is 275 g/mol. The Morgan fingerprint density at radius 1 is 1.15 bits per heavy atom. The van der Waals surface area contributed by atoms with E-state index in [-0.39, 0.29) is 5.02 Å². The van der Waals surface area contributed by atoms with Crippen LogP contribution in [0.25, 0.3) is 0 Å². The van der Waals surface area contributed by atoms with Crippen molar-refractivity contribution in [2.75, 3.05) is 0 Å². The predicted molar refractivity (Wildman–Crippen MR) is 80.4 cm³/mol. The molecule has 0 saturated heterocycles. The fourth-order valence-electron chi connectivity index (χ4n) is 2.48. The van der Waals surface area contributed by atoms with Gasteiger partial charge in [0.25, 0.3) is 0 Å². The number of benzene rings is 2. The van der Waals surface area contributed by atoms with E-state index in [1.165, 1.54) is 6.07 Å². The summed E-state index contributed by atoms with van der Waals surface area (Å²) in [5, 5.41) is 11.1. The number of hydrogen-bond acceptors (Lipinski definition) is 1. The van der Waals surface area contributed by atoms with Crippen LogP contribution in [0.1, 0.15) is 30.9 Å². The molecule has 1 nitrogen and oxygen atoms in total. The normalized spacial score (nSPS) is 14.0. The van der Waals surface area contributed by atoms with E-state index in [2.05, 4.69) is 0 Å². The highest BCUT2D eigenvalue weighted by atomic mass is 35.5. The van der Waals surface area contributed by atoms with Crippen LogP contribution in [-0.4, -0.2) is 5.11 Å². The monoisotopic (exact) mass is 292 g/mol. The average molecular weight is 293 g/mol. The molecule has 0 radical (unpaired) electrons. The van der Waals surface area contributed by atoms with Crippen LogP contribution in [0.15, 0.2) is 48.5 Å². The Morgan fingerprint density at radius 3 is 2.45 bits per heavy atom. The van der Waals surface area contributed by atoms with Gasteiger partial charge >= 0.3 is 0 Å². The third-order valence-corrected chi connectivity index (χ3v) is 3.74. The van der Waals surface area contributed by atoms with Gasteiger partial charge in [0.15, 0.2) is 0 Å². The van der Waals surface area contributed by atoms with Crippen LogP contribution >= 0.6 is 11.6 Å². The molecule has 0 amide bonds. The van der Waals surface area contributed by atoms with E-state index >= 15 is 0 Å². The van der Waals surface area contributed by atoms with E-state index in [0.29, 0.717) is 12.8 Å². The lowest BCUT2D eigenvalue weighted by atomic mass is 9.84. The Hall–Kier alpha value is -1.38. The maximum atomic E-state index is 13.2. The molecule has 0 saturated carbocycles. The Kier molecular flexibility index (Phi) is 4.79. The standard InChI is InChI=1S/C17H18ClFO/c1-2-10-17(20,14-6-4-3-5-7-14)12-13-8-9-16(19)15(18)11-13/h3-9,11,20H,2,10,12H2,1H3. The van der Waals surface area contributed by atoms with Gasteiger partial charge in [0.05, 0.1) is 10.6 Å². The molecule has 20 heavy (non-hydrogen) atoms. The van der Waals surface area contributed by atoms with Crippen LogP contribution in [0.4, 0.5) is 4.39 Å². The van der Waals surface area contributed by atoms with E-state index < -0.39 is 11.4 Å². The van der Waals surface area contributed by atoms with Crippen molar-refractivity contribution < 1.29 is 9.50 Å². The molecular formula is C17H18ClFO. The van der Waals surface area contributed by atoms with Crippen molar-refractivity contribution in [1.29, 1.82) is 0 Å². The predicted octanol–water partition coefficient (Wildman–Crippen LogP) is 4.71. The van der Waals surface area contributed by atoms with Gasteiger partial charge in [-0.15, -0.1) is 0 Å². The third kappa shape index (κ3) is 3.38. The highest BCUT2D eigenvalue weighted by Crippen LogP contribution is 2.31. The summed E-state index contributed by atoms with van der Waals surface area (Å²) in [5.74, 6) is -0.436. The molecule has 3 heteroatoms. The molecule has 1 atom stereocenters. The van der Waals surface area contributed by atoms with Crippen molar-refractivity contribution in [3.63, 3.8) is 0 Å². The Balaban J connectivity index is 2.31. The zero-order chi connectivity index (χ0) is 14.6. The lowest BCUT2D eigenvalue weighted by Gasteiger charge is -2.29. The van der Waals surface area contributed by atoms with Crippen LogP contribution in [0.5, 0.6) is 0 Å². The molecule has 0 aromatic heterocycles. The minimum atomic E-state index is -0.947. The van der Waals surface area contributed by atoms with Crippen molar-refractivity contribution in [3.05, 3.63) is 70.5 Å². The molecule has 0 aliphatic rings. The number of hydrogen-bond donors (Lipinski definition) is 1. The zero-order valence-electron chi connectivity index (χ0n) is 11.4. The first-order chi connectivity index (χ1) is 9.55. The van der Waals surface area contributed by atoms with E-state index in [1.807, 2.05) is 37.3 Å². The molecule has 1 unspecified atom stereocenters. The molecule has 0 aliphatic carbocycles. The maximum absolute atomic E-state index is 13.2. The van der Waals surface area contributed by atoms with Gasteiger partial charge in [0, 0.05) is 6.42 Å². The van der Waals surface area contributed by atoms with E-state index in [4.69, 9.17) is 11.6 Å². The van der Waals surface area contributed by atoms with Gasteiger partial charge < -0.3 is 5.11 Å². The average Bonchev–Trinajstić information content (AvgIpc) is 2.44. The van der Waals surface area contributed by atoms with E-state index in [1.54, 1.807) is 12.1 Å². The van der Waals surface area contributed by atoms with Gasteiger partial charge in [-0.3, -0.25) is 0 Å². The summed E-state index contributed by atoms with van der Waals surface area (Å²) < 4.78 is 13.2. The second-order valence-electron chi connectivity index (χ2n) is 5.07. The summed E-state index contributed by atoms with van der Waals surface area (Å²) in [4.78, 5) is 0. The van der Waals surface area contributed by atoms with Crippen molar-refractivity contribution in [2.45, 2.75) is 31.8 Å². The van der Waals surface area contributed by atoms with Gasteiger partial charge in [-0.2, -0.15) is 0 Å². The van der Waals surface area contributed by atoms with Crippen LogP contribution in [0.3, 0.4) is 0 Å². The first-order valence-electron chi connectivity index (χ1n) is 6.77. The van der Waals surface area contributed by atoms with Crippen LogP contribution < -0.4 is 0 Å². The van der Waals surface area contributed by atoms with E-state index in [0.717, 1.165) is 17.5 Å². The minimum absolute atomic E-state index is 0.0920. The second kappa shape index (κ2) is 6.38. The quantitative estimate of drug-likeness (QED) is 0.846. The van der Waals surface area contributed by atoms with Crippen molar-refractivity contribution in [3.8, 4) is 0 Å². The van der Waals surface area contributed by atoms with Gasteiger partial charge in [0.1, 0.15) is 5.82 Å². The summed E-state index contributed by atoms with van der Waals surface area (Å²) in [7, 11) is 0. The molecule has 0 aliphatic heterocycles. The van der Waals surface area contributed by atoms with Crippen molar-refractivity contribution in [2.24, 2.45) is 0 Å². The van der Waals surface area contributed by atoms with E-state index in [9.17, 15) is 9.50 Å². The molecule has 0 bridgehead atoms.